The van der Waals surface area contributed by atoms with Crippen LogP contribution in [0.15, 0.2) is 24.3 Å². The number of carbonyl (C=O) groups is 2. The van der Waals surface area contributed by atoms with Crippen LogP contribution in [0.2, 0.25) is 0 Å². The van der Waals surface area contributed by atoms with Gasteiger partial charge < -0.3 is 9.84 Å². The van der Waals surface area contributed by atoms with Gasteiger partial charge in [0.15, 0.2) is 0 Å². The van der Waals surface area contributed by atoms with Crippen LogP contribution >= 0.6 is 0 Å². The van der Waals surface area contributed by atoms with Gasteiger partial charge in [0, 0.05) is 0 Å². The molecule has 0 fully saturated rings. The lowest BCUT2D eigenvalue weighted by atomic mass is 10.1. The number of carboxylic acids is 1. The predicted octanol–water partition coefficient (Wildman–Crippen LogP) is 3.12. The molecule has 0 aromatic heterocycles. The number of hydrogen-bond acceptors (Lipinski definition) is 3. The molecule has 0 amide bonds. The maximum Gasteiger partial charge on any atom is 0.339 e. The molecule has 0 saturated carbocycles. The Kier molecular flexibility index (Phi) is 5.36. The van der Waals surface area contributed by atoms with E-state index in [0.29, 0.717) is 0 Å². The van der Waals surface area contributed by atoms with Gasteiger partial charge in [0.05, 0.1) is 17.2 Å². The van der Waals surface area contributed by atoms with Crippen molar-refractivity contribution < 1.29 is 19.4 Å². The lowest BCUT2D eigenvalue weighted by molar-refractivity contribution is 0.0314. The van der Waals surface area contributed by atoms with Crippen molar-refractivity contribution >= 4 is 11.9 Å². The zero-order chi connectivity index (χ0) is 13.5. The molecule has 1 rings (SSSR count). The summed E-state index contributed by atoms with van der Waals surface area (Å²) in [6, 6.07) is 6.08. The number of hydrogen-bond donors (Lipinski definition) is 1. The van der Waals surface area contributed by atoms with Gasteiger partial charge in [-0.15, -0.1) is 0 Å². The molecule has 1 aromatic rings. The fourth-order valence-electron chi connectivity index (χ4n) is 1.64. The smallest absolute Gasteiger partial charge is 0.339 e. The third-order valence-electron chi connectivity index (χ3n) is 2.65. The van der Waals surface area contributed by atoms with E-state index in [1.165, 1.54) is 12.1 Å². The summed E-state index contributed by atoms with van der Waals surface area (Å²) in [7, 11) is 0. The molecule has 0 radical (unpaired) electrons. The molecule has 0 aliphatic heterocycles. The van der Waals surface area contributed by atoms with Crippen LogP contribution in [-0.4, -0.2) is 23.1 Å². The van der Waals surface area contributed by atoms with E-state index < -0.39 is 11.9 Å². The first-order valence-electron chi connectivity index (χ1n) is 6.09. The standard InChI is InChI=1S/C14H18O4/c1-3-4-7-10(2)18-14(17)12-9-6-5-8-11(12)13(15)16/h5-6,8-10H,3-4,7H2,1-2H3,(H,15,16). The molecule has 4 nitrogen and oxygen atoms in total. The molecule has 0 saturated heterocycles. The largest absolute Gasteiger partial charge is 0.478 e. The minimum Gasteiger partial charge on any atom is -0.478 e. The van der Waals surface area contributed by atoms with Crippen molar-refractivity contribution in [3.8, 4) is 0 Å². The predicted molar refractivity (Wildman–Crippen MR) is 67.8 cm³/mol. The molecule has 0 bridgehead atoms. The van der Waals surface area contributed by atoms with Crippen molar-refractivity contribution in [2.75, 3.05) is 0 Å². The number of aromatic carboxylic acids is 1. The van der Waals surface area contributed by atoms with Crippen LogP contribution < -0.4 is 0 Å². The highest BCUT2D eigenvalue weighted by Crippen LogP contribution is 2.13. The third kappa shape index (κ3) is 3.87. The first kappa shape index (κ1) is 14.2. The second-order valence-electron chi connectivity index (χ2n) is 4.21. The van der Waals surface area contributed by atoms with Crippen molar-refractivity contribution in [2.24, 2.45) is 0 Å². The van der Waals surface area contributed by atoms with Crippen LogP contribution in [-0.2, 0) is 4.74 Å². The number of rotatable bonds is 6. The van der Waals surface area contributed by atoms with Gasteiger partial charge >= 0.3 is 11.9 Å². The minimum atomic E-state index is -1.12. The fourth-order valence-corrected chi connectivity index (χ4v) is 1.64. The quantitative estimate of drug-likeness (QED) is 0.788. The molecular formula is C14H18O4. The van der Waals surface area contributed by atoms with Crippen LogP contribution in [0.4, 0.5) is 0 Å². The second-order valence-corrected chi connectivity index (χ2v) is 4.21. The summed E-state index contributed by atoms with van der Waals surface area (Å²) in [6.45, 7) is 3.88. The Morgan fingerprint density at radius 1 is 1.28 bits per heavy atom. The lowest BCUT2D eigenvalue weighted by Gasteiger charge is -2.13. The van der Waals surface area contributed by atoms with Crippen LogP contribution in [0.25, 0.3) is 0 Å². The van der Waals surface area contributed by atoms with E-state index in [9.17, 15) is 9.59 Å². The minimum absolute atomic E-state index is 0.0230. The molecule has 0 spiro atoms. The van der Waals surface area contributed by atoms with Crippen LogP contribution in [0, 0.1) is 0 Å². The molecular weight excluding hydrogens is 232 g/mol. The maximum atomic E-state index is 11.9. The van der Waals surface area contributed by atoms with E-state index in [-0.39, 0.29) is 17.2 Å². The van der Waals surface area contributed by atoms with E-state index in [0.717, 1.165) is 19.3 Å². The maximum absolute atomic E-state index is 11.9. The van der Waals surface area contributed by atoms with Crippen LogP contribution in [0.3, 0.4) is 0 Å². The Morgan fingerprint density at radius 3 is 2.44 bits per heavy atom. The van der Waals surface area contributed by atoms with Gasteiger partial charge in [-0.25, -0.2) is 9.59 Å². The Labute approximate surface area is 107 Å². The van der Waals surface area contributed by atoms with Crippen molar-refractivity contribution in [1.82, 2.24) is 0 Å². The van der Waals surface area contributed by atoms with Crippen molar-refractivity contribution in [3.05, 3.63) is 35.4 Å². The van der Waals surface area contributed by atoms with Gasteiger partial charge in [0.1, 0.15) is 0 Å². The highest BCUT2D eigenvalue weighted by Gasteiger charge is 2.18. The highest BCUT2D eigenvalue weighted by molar-refractivity contribution is 6.02. The number of carboxylic acid groups (broad SMARTS) is 1. The summed E-state index contributed by atoms with van der Waals surface area (Å²) in [5.74, 6) is -1.69. The lowest BCUT2D eigenvalue weighted by Crippen LogP contribution is -2.17. The van der Waals surface area contributed by atoms with Crippen molar-refractivity contribution in [3.63, 3.8) is 0 Å². The number of carbonyl (C=O) groups excluding carboxylic acids is 1. The molecule has 0 heterocycles. The summed E-state index contributed by atoms with van der Waals surface area (Å²) in [5.41, 5.74) is 0.0820. The van der Waals surface area contributed by atoms with Gasteiger partial charge in [-0.05, 0) is 25.5 Å². The summed E-state index contributed by atoms with van der Waals surface area (Å²) < 4.78 is 5.23. The topological polar surface area (TPSA) is 63.6 Å². The second kappa shape index (κ2) is 6.79. The molecule has 18 heavy (non-hydrogen) atoms. The number of benzene rings is 1. The van der Waals surface area contributed by atoms with Crippen LogP contribution in [0.5, 0.6) is 0 Å². The Bertz CT molecular complexity index is 426. The molecule has 0 aliphatic carbocycles. The van der Waals surface area contributed by atoms with E-state index in [4.69, 9.17) is 9.84 Å². The SMILES string of the molecule is CCCCC(C)OC(=O)c1ccccc1C(=O)O. The molecule has 1 unspecified atom stereocenters. The average Bonchev–Trinajstić information content (AvgIpc) is 2.36. The van der Waals surface area contributed by atoms with E-state index in [1.807, 2.05) is 6.92 Å². The first-order chi connectivity index (χ1) is 8.56. The molecule has 1 aromatic carbocycles. The van der Waals surface area contributed by atoms with Crippen LogP contribution in [0.1, 0.15) is 53.8 Å². The van der Waals surface area contributed by atoms with Crippen molar-refractivity contribution in [1.29, 1.82) is 0 Å². The molecule has 4 heteroatoms. The van der Waals surface area contributed by atoms with Gasteiger partial charge in [-0.1, -0.05) is 31.9 Å². The number of unbranched alkanes of at least 4 members (excludes halogenated alkanes) is 1. The van der Waals surface area contributed by atoms with Gasteiger partial charge in [0.2, 0.25) is 0 Å². The number of ether oxygens (including phenoxy) is 1. The van der Waals surface area contributed by atoms with E-state index in [1.54, 1.807) is 12.1 Å². The fraction of sp³-hybridized carbons (Fsp3) is 0.429. The Morgan fingerprint density at radius 2 is 1.89 bits per heavy atom. The Hall–Kier alpha value is -1.84. The molecule has 98 valence electrons. The summed E-state index contributed by atoms with van der Waals surface area (Å²) >= 11 is 0. The molecule has 0 aliphatic rings. The normalized spacial score (nSPS) is 11.9. The summed E-state index contributed by atoms with van der Waals surface area (Å²) in [4.78, 5) is 22.8. The Balaban J connectivity index is 2.75. The molecule has 1 N–H and O–H groups in total. The van der Waals surface area contributed by atoms with E-state index in [2.05, 4.69) is 6.92 Å². The third-order valence-corrected chi connectivity index (χ3v) is 2.65. The zero-order valence-corrected chi connectivity index (χ0v) is 10.7. The number of esters is 1. The van der Waals surface area contributed by atoms with Gasteiger partial charge in [-0.2, -0.15) is 0 Å². The van der Waals surface area contributed by atoms with Gasteiger partial charge in [0.25, 0.3) is 0 Å². The van der Waals surface area contributed by atoms with Crippen molar-refractivity contribution in [2.45, 2.75) is 39.2 Å². The summed E-state index contributed by atoms with van der Waals surface area (Å²) in [5, 5.41) is 8.98. The zero-order valence-electron chi connectivity index (χ0n) is 10.7. The van der Waals surface area contributed by atoms with Gasteiger partial charge in [-0.3, -0.25) is 0 Å². The summed E-state index contributed by atoms with van der Waals surface area (Å²) in [6.07, 6.45) is 2.61. The van der Waals surface area contributed by atoms with E-state index >= 15 is 0 Å². The average molecular weight is 250 g/mol. The highest BCUT2D eigenvalue weighted by atomic mass is 16.5. The first-order valence-corrected chi connectivity index (χ1v) is 6.09. The monoisotopic (exact) mass is 250 g/mol. The molecule has 1 atom stereocenters.